The van der Waals surface area contributed by atoms with Crippen molar-refractivity contribution < 1.29 is 28.6 Å². The molecule has 0 saturated heterocycles. The molecular weight excluding hydrogens is 1010 g/mol. The van der Waals surface area contributed by atoms with E-state index in [9.17, 15) is 14.4 Å². The largest absolute Gasteiger partial charge is 0.462 e. The molecule has 0 saturated carbocycles. The molecule has 82 heavy (non-hydrogen) atoms. The molecule has 0 aliphatic rings. The fourth-order valence-electron chi connectivity index (χ4n) is 11.1. The molecular formula is C76H140O6. The summed E-state index contributed by atoms with van der Waals surface area (Å²) in [5, 5.41) is 0. The van der Waals surface area contributed by atoms with Crippen LogP contribution in [0.25, 0.3) is 0 Å². The summed E-state index contributed by atoms with van der Waals surface area (Å²) in [6, 6.07) is 0. The monoisotopic (exact) mass is 1150 g/mol. The molecule has 0 aliphatic heterocycles. The number of ether oxygens (including phenoxy) is 3. The molecule has 1 unspecified atom stereocenters. The van der Waals surface area contributed by atoms with Crippen LogP contribution in [0.4, 0.5) is 0 Å². The number of rotatable bonds is 68. The van der Waals surface area contributed by atoms with E-state index < -0.39 is 6.10 Å². The second kappa shape index (κ2) is 70.9. The van der Waals surface area contributed by atoms with E-state index >= 15 is 0 Å². The van der Waals surface area contributed by atoms with E-state index in [1.807, 2.05) is 0 Å². The summed E-state index contributed by atoms with van der Waals surface area (Å²) in [5.41, 5.74) is 0. The van der Waals surface area contributed by atoms with Crippen molar-refractivity contribution in [1.29, 1.82) is 0 Å². The van der Waals surface area contributed by atoms with Crippen molar-refractivity contribution in [2.24, 2.45) is 0 Å². The molecule has 0 bridgehead atoms. The van der Waals surface area contributed by atoms with Gasteiger partial charge in [-0.15, -0.1) is 0 Å². The Labute approximate surface area is 511 Å². The second-order valence-corrected chi connectivity index (χ2v) is 24.8. The lowest BCUT2D eigenvalue weighted by atomic mass is 10.0. The topological polar surface area (TPSA) is 78.9 Å². The zero-order valence-corrected chi connectivity index (χ0v) is 55.3. The Kier molecular flexibility index (Phi) is 68.6. The van der Waals surface area contributed by atoms with Crippen LogP contribution in [0.1, 0.15) is 400 Å². The Morgan fingerprint density at radius 3 is 0.744 bits per heavy atom. The second-order valence-electron chi connectivity index (χ2n) is 24.8. The van der Waals surface area contributed by atoms with Gasteiger partial charge in [-0.2, -0.15) is 0 Å². The van der Waals surface area contributed by atoms with E-state index in [1.54, 1.807) is 0 Å². The molecule has 0 aromatic carbocycles. The maximum Gasteiger partial charge on any atom is 0.306 e. The summed E-state index contributed by atoms with van der Waals surface area (Å²) in [6.45, 7) is 6.61. The highest BCUT2D eigenvalue weighted by molar-refractivity contribution is 5.71. The molecule has 0 heterocycles. The third kappa shape index (κ3) is 68.2. The first-order valence-corrected chi connectivity index (χ1v) is 36.6. The highest BCUT2D eigenvalue weighted by Crippen LogP contribution is 2.19. The molecule has 0 aliphatic carbocycles. The Balaban J connectivity index is 4.28. The first kappa shape index (κ1) is 79.4. The zero-order chi connectivity index (χ0) is 59.2. The predicted molar refractivity (Wildman–Crippen MR) is 358 cm³/mol. The van der Waals surface area contributed by atoms with Crippen LogP contribution in [-0.2, 0) is 28.6 Å². The van der Waals surface area contributed by atoms with Crippen LogP contribution in [0.3, 0.4) is 0 Å². The highest BCUT2D eigenvalue weighted by atomic mass is 16.6. The van der Waals surface area contributed by atoms with Gasteiger partial charge in [0.25, 0.3) is 0 Å². The standard InChI is InChI=1S/C76H140O6/c1-4-7-10-13-16-19-22-25-28-31-33-35-37-38-40-41-43-45-48-51-54-57-60-63-66-69-75(78)81-72-73(71-80-74(77)68-65-62-59-56-53-50-47-30-27-24-21-18-15-12-9-6-3)82-76(79)70-67-64-61-58-55-52-49-46-44-42-39-36-34-32-29-26-23-20-17-14-11-8-5-2/h7,10,16,19,25,28,33,35,73H,4-6,8-9,11-15,17-18,20-24,26-27,29-32,34,36-72H2,1-3H3/b10-7-,19-16-,28-25-,35-33-. The van der Waals surface area contributed by atoms with Crippen LogP contribution in [0.5, 0.6) is 0 Å². The molecule has 0 N–H and O–H groups in total. The first-order chi connectivity index (χ1) is 40.5. The van der Waals surface area contributed by atoms with E-state index in [0.29, 0.717) is 19.3 Å². The molecule has 1 atom stereocenters. The van der Waals surface area contributed by atoms with Gasteiger partial charge in [0.1, 0.15) is 13.2 Å². The summed E-state index contributed by atoms with van der Waals surface area (Å²) in [4.78, 5) is 38.5. The van der Waals surface area contributed by atoms with Crippen molar-refractivity contribution in [2.75, 3.05) is 13.2 Å². The smallest absolute Gasteiger partial charge is 0.306 e. The zero-order valence-electron chi connectivity index (χ0n) is 55.3. The Hall–Kier alpha value is -2.63. The fraction of sp³-hybridized carbons (Fsp3) is 0.855. The molecule has 0 spiro atoms. The first-order valence-electron chi connectivity index (χ1n) is 36.6. The lowest BCUT2D eigenvalue weighted by molar-refractivity contribution is -0.167. The fourth-order valence-corrected chi connectivity index (χ4v) is 11.1. The van der Waals surface area contributed by atoms with Gasteiger partial charge in [-0.3, -0.25) is 14.4 Å². The number of hydrogen-bond acceptors (Lipinski definition) is 6. The number of carbonyl (C=O) groups excluding carboxylic acids is 3. The Morgan fingerprint density at radius 1 is 0.256 bits per heavy atom. The molecule has 6 nitrogen and oxygen atoms in total. The third-order valence-corrected chi connectivity index (χ3v) is 16.6. The van der Waals surface area contributed by atoms with Gasteiger partial charge in [-0.25, -0.2) is 0 Å². The SMILES string of the molecule is CC/C=C\C/C=C\C/C=C\C/C=C\CCCCCCCCCCCCCCC(=O)OCC(COC(=O)CCCCCCCCCCCCCCCCCC)OC(=O)CCCCCCCCCCCCCCCCCCCCCCCCC. The lowest BCUT2D eigenvalue weighted by Crippen LogP contribution is -2.30. The molecule has 0 radical (unpaired) electrons. The minimum atomic E-state index is -0.771. The Bertz CT molecular complexity index is 1410. The number of allylic oxidation sites excluding steroid dienone is 8. The van der Waals surface area contributed by atoms with E-state index in [-0.39, 0.29) is 31.1 Å². The van der Waals surface area contributed by atoms with Crippen molar-refractivity contribution in [1.82, 2.24) is 0 Å². The van der Waals surface area contributed by atoms with Crippen LogP contribution in [0, 0.1) is 0 Å². The average molecular weight is 1150 g/mol. The van der Waals surface area contributed by atoms with Gasteiger partial charge in [0.2, 0.25) is 0 Å². The number of esters is 3. The molecule has 0 aromatic rings. The third-order valence-electron chi connectivity index (χ3n) is 16.6. The predicted octanol–water partition coefficient (Wildman–Crippen LogP) is 25.3. The quantitative estimate of drug-likeness (QED) is 0.0261. The normalized spacial score (nSPS) is 12.3. The van der Waals surface area contributed by atoms with Gasteiger partial charge in [-0.1, -0.05) is 371 Å². The molecule has 0 amide bonds. The summed E-state index contributed by atoms with van der Waals surface area (Å²) in [6.07, 6.45) is 90.0. The molecule has 6 heteroatoms. The van der Waals surface area contributed by atoms with Gasteiger partial charge >= 0.3 is 17.9 Å². The van der Waals surface area contributed by atoms with E-state index in [4.69, 9.17) is 14.2 Å². The lowest BCUT2D eigenvalue weighted by Gasteiger charge is -2.18. The summed E-state index contributed by atoms with van der Waals surface area (Å²) < 4.78 is 17.0. The van der Waals surface area contributed by atoms with Crippen LogP contribution in [0.15, 0.2) is 48.6 Å². The van der Waals surface area contributed by atoms with Gasteiger partial charge in [0.15, 0.2) is 6.10 Å². The van der Waals surface area contributed by atoms with Gasteiger partial charge in [0, 0.05) is 19.3 Å². The number of unbranched alkanes of at least 4 members (excludes halogenated alkanes) is 49. The van der Waals surface area contributed by atoms with Gasteiger partial charge < -0.3 is 14.2 Å². The van der Waals surface area contributed by atoms with Gasteiger partial charge in [-0.05, 0) is 57.8 Å². The average Bonchev–Trinajstić information content (AvgIpc) is 3.47. The van der Waals surface area contributed by atoms with Crippen molar-refractivity contribution in [2.45, 2.75) is 406 Å². The maximum atomic E-state index is 13.0. The van der Waals surface area contributed by atoms with E-state index in [0.717, 1.165) is 83.5 Å². The Morgan fingerprint density at radius 2 is 0.476 bits per heavy atom. The number of hydrogen-bond donors (Lipinski definition) is 0. The minimum absolute atomic E-state index is 0.0667. The maximum absolute atomic E-state index is 13.0. The van der Waals surface area contributed by atoms with Gasteiger partial charge in [0.05, 0.1) is 0 Å². The summed E-state index contributed by atoms with van der Waals surface area (Å²) in [7, 11) is 0. The minimum Gasteiger partial charge on any atom is -0.462 e. The van der Waals surface area contributed by atoms with E-state index in [2.05, 4.69) is 69.4 Å². The van der Waals surface area contributed by atoms with Crippen LogP contribution in [-0.4, -0.2) is 37.2 Å². The van der Waals surface area contributed by atoms with Crippen molar-refractivity contribution in [3.63, 3.8) is 0 Å². The van der Waals surface area contributed by atoms with Crippen molar-refractivity contribution in [3.05, 3.63) is 48.6 Å². The molecule has 0 rings (SSSR count). The molecule has 480 valence electrons. The van der Waals surface area contributed by atoms with Crippen molar-refractivity contribution >= 4 is 17.9 Å². The van der Waals surface area contributed by atoms with Crippen LogP contribution < -0.4 is 0 Å². The molecule has 0 aromatic heterocycles. The van der Waals surface area contributed by atoms with Crippen molar-refractivity contribution in [3.8, 4) is 0 Å². The highest BCUT2D eigenvalue weighted by Gasteiger charge is 2.19. The van der Waals surface area contributed by atoms with Crippen LogP contribution >= 0.6 is 0 Å². The molecule has 0 fully saturated rings. The number of carbonyl (C=O) groups is 3. The summed E-state index contributed by atoms with van der Waals surface area (Å²) in [5.74, 6) is -0.836. The summed E-state index contributed by atoms with van der Waals surface area (Å²) >= 11 is 0. The van der Waals surface area contributed by atoms with E-state index in [1.165, 1.54) is 276 Å². The van der Waals surface area contributed by atoms with Crippen LogP contribution in [0.2, 0.25) is 0 Å².